The van der Waals surface area contributed by atoms with E-state index in [2.05, 4.69) is 5.32 Å². The first-order chi connectivity index (χ1) is 9.74. The molecule has 0 radical (unpaired) electrons. The standard InChI is InChI=1S/C17H19NO2/c1-18-17(20)15-14(11-7-3-2-4-8-11)12-9-5-6-10-13(12)16(15)19/h5-6,9-11H,2-4,7-8H2,1H3,(H,18,20). The first kappa shape index (κ1) is 13.1. The maximum absolute atomic E-state index is 12.5. The second-order valence-electron chi connectivity index (χ2n) is 5.58. The van der Waals surface area contributed by atoms with Crippen LogP contribution in [0.15, 0.2) is 29.8 Å². The summed E-state index contributed by atoms with van der Waals surface area (Å²) in [4.78, 5) is 24.7. The van der Waals surface area contributed by atoms with E-state index in [1.54, 1.807) is 7.05 Å². The molecule has 3 nitrogen and oxygen atoms in total. The minimum absolute atomic E-state index is 0.111. The summed E-state index contributed by atoms with van der Waals surface area (Å²) in [5.41, 5.74) is 3.03. The van der Waals surface area contributed by atoms with Crippen LogP contribution in [0.3, 0.4) is 0 Å². The molecular formula is C17H19NO2. The summed E-state index contributed by atoms with van der Waals surface area (Å²) in [7, 11) is 1.59. The Morgan fingerprint density at radius 3 is 2.40 bits per heavy atom. The molecule has 0 spiro atoms. The molecule has 0 unspecified atom stereocenters. The number of ketones is 1. The van der Waals surface area contributed by atoms with Crippen molar-refractivity contribution in [2.45, 2.75) is 32.1 Å². The average Bonchev–Trinajstić information content (AvgIpc) is 2.81. The van der Waals surface area contributed by atoms with Crippen LogP contribution in [0.25, 0.3) is 5.57 Å². The smallest absolute Gasteiger partial charge is 0.255 e. The van der Waals surface area contributed by atoms with Gasteiger partial charge < -0.3 is 5.32 Å². The summed E-state index contributed by atoms with van der Waals surface area (Å²) in [6, 6.07) is 7.62. The molecule has 2 aliphatic carbocycles. The molecule has 1 aromatic carbocycles. The number of carbonyl (C=O) groups is 2. The maximum Gasteiger partial charge on any atom is 0.255 e. The van der Waals surface area contributed by atoms with E-state index in [4.69, 9.17) is 0 Å². The van der Waals surface area contributed by atoms with Crippen LogP contribution in [0.4, 0.5) is 0 Å². The molecule has 1 fully saturated rings. The molecule has 104 valence electrons. The number of hydrogen-bond donors (Lipinski definition) is 1. The lowest BCUT2D eigenvalue weighted by molar-refractivity contribution is -0.116. The fourth-order valence-electron chi connectivity index (χ4n) is 3.47. The average molecular weight is 269 g/mol. The Morgan fingerprint density at radius 1 is 1.10 bits per heavy atom. The molecule has 1 amide bonds. The van der Waals surface area contributed by atoms with E-state index in [0.717, 1.165) is 24.0 Å². The summed E-state index contributed by atoms with van der Waals surface area (Å²) >= 11 is 0. The van der Waals surface area contributed by atoms with E-state index in [0.29, 0.717) is 17.1 Å². The van der Waals surface area contributed by atoms with Gasteiger partial charge in [-0.15, -0.1) is 0 Å². The van der Waals surface area contributed by atoms with E-state index in [-0.39, 0.29) is 11.7 Å². The molecule has 1 saturated carbocycles. The Labute approximate surface area is 119 Å². The Hall–Kier alpha value is -1.90. The molecule has 0 saturated heterocycles. The zero-order valence-corrected chi connectivity index (χ0v) is 11.7. The van der Waals surface area contributed by atoms with Crippen molar-refractivity contribution in [2.75, 3.05) is 7.05 Å². The van der Waals surface area contributed by atoms with E-state index >= 15 is 0 Å². The number of allylic oxidation sites excluding steroid dienone is 1. The fraction of sp³-hybridized carbons (Fsp3) is 0.412. The molecule has 1 aromatic rings. The van der Waals surface area contributed by atoms with Crippen LogP contribution in [-0.4, -0.2) is 18.7 Å². The van der Waals surface area contributed by atoms with Gasteiger partial charge in [-0.05, 0) is 29.9 Å². The van der Waals surface area contributed by atoms with Gasteiger partial charge in [-0.3, -0.25) is 9.59 Å². The highest BCUT2D eigenvalue weighted by Gasteiger charge is 2.36. The van der Waals surface area contributed by atoms with Crippen molar-refractivity contribution in [2.24, 2.45) is 5.92 Å². The van der Waals surface area contributed by atoms with Crippen molar-refractivity contribution in [3.8, 4) is 0 Å². The second kappa shape index (κ2) is 5.23. The fourth-order valence-corrected chi connectivity index (χ4v) is 3.47. The molecular weight excluding hydrogens is 250 g/mol. The highest BCUT2D eigenvalue weighted by atomic mass is 16.2. The number of rotatable bonds is 2. The van der Waals surface area contributed by atoms with Gasteiger partial charge in [0.05, 0.1) is 5.57 Å². The molecule has 3 heteroatoms. The van der Waals surface area contributed by atoms with Gasteiger partial charge in [0.25, 0.3) is 5.91 Å². The first-order valence-corrected chi connectivity index (χ1v) is 7.34. The number of fused-ring (bicyclic) bond motifs is 1. The zero-order valence-electron chi connectivity index (χ0n) is 11.7. The van der Waals surface area contributed by atoms with E-state index < -0.39 is 0 Å². The predicted octanol–water partition coefficient (Wildman–Crippen LogP) is 2.96. The number of benzene rings is 1. The molecule has 0 aliphatic heterocycles. The normalized spacial score (nSPS) is 19.1. The van der Waals surface area contributed by atoms with Gasteiger partial charge in [-0.1, -0.05) is 43.5 Å². The van der Waals surface area contributed by atoms with Crippen LogP contribution in [0.2, 0.25) is 0 Å². The van der Waals surface area contributed by atoms with Gasteiger partial charge in [-0.25, -0.2) is 0 Å². The molecule has 0 atom stereocenters. The Morgan fingerprint density at radius 2 is 1.75 bits per heavy atom. The van der Waals surface area contributed by atoms with Crippen molar-refractivity contribution in [3.63, 3.8) is 0 Å². The minimum atomic E-state index is -0.244. The van der Waals surface area contributed by atoms with Crippen LogP contribution >= 0.6 is 0 Å². The van der Waals surface area contributed by atoms with E-state index in [9.17, 15) is 9.59 Å². The van der Waals surface area contributed by atoms with Crippen LogP contribution in [0.1, 0.15) is 48.0 Å². The SMILES string of the molecule is CNC(=O)C1=C(C2CCCCC2)c2ccccc2C1=O. The molecule has 2 aliphatic rings. The number of carbonyl (C=O) groups excluding carboxylic acids is 2. The van der Waals surface area contributed by atoms with Gasteiger partial charge in [0.1, 0.15) is 0 Å². The number of nitrogens with one attached hydrogen (secondary N) is 1. The van der Waals surface area contributed by atoms with Crippen molar-refractivity contribution < 1.29 is 9.59 Å². The van der Waals surface area contributed by atoms with Gasteiger partial charge in [0.15, 0.2) is 5.78 Å². The largest absolute Gasteiger partial charge is 0.355 e. The number of Topliss-reactive ketones (excluding diaryl/α,β-unsaturated/α-hetero) is 1. The van der Waals surface area contributed by atoms with Crippen molar-refractivity contribution in [1.82, 2.24) is 5.32 Å². The van der Waals surface area contributed by atoms with E-state index in [1.807, 2.05) is 24.3 Å². The summed E-state index contributed by atoms with van der Waals surface area (Å²) in [5.74, 6) is -0.00375. The molecule has 0 bridgehead atoms. The van der Waals surface area contributed by atoms with Gasteiger partial charge >= 0.3 is 0 Å². The Balaban J connectivity index is 2.13. The maximum atomic E-state index is 12.5. The van der Waals surface area contributed by atoms with E-state index in [1.165, 1.54) is 19.3 Å². The second-order valence-corrected chi connectivity index (χ2v) is 5.58. The summed E-state index contributed by atoms with van der Waals surface area (Å²) in [6.45, 7) is 0. The Bertz CT molecular complexity index is 595. The first-order valence-electron chi connectivity index (χ1n) is 7.34. The third-order valence-corrected chi connectivity index (χ3v) is 4.43. The monoisotopic (exact) mass is 269 g/mol. The van der Waals surface area contributed by atoms with Gasteiger partial charge in [0.2, 0.25) is 0 Å². The number of hydrogen-bond acceptors (Lipinski definition) is 2. The Kier molecular flexibility index (Phi) is 3.43. The van der Waals surface area contributed by atoms with Crippen LogP contribution in [0.5, 0.6) is 0 Å². The lowest BCUT2D eigenvalue weighted by atomic mass is 9.80. The van der Waals surface area contributed by atoms with Crippen molar-refractivity contribution in [3.05, 3.63) is 41.0 Å². The van der Waals surface area contributed by atoms with Gasteiger partial charge in [0, 0.05) is 12.6 Å². The van der Waals surface area contributed by atoms with Crippen molar-refractivity contribution >= 4 is 17.3 Å². The minimum Gasteiger partial charge on any atom is -0.355 e. The molecule has 0 aromatic heterocycles. The van der Waals surface area contributed by atoms with Crippen molar-refractivity contribution in [1.29, 1.82) is 0 Å². The van der Waals surface area contributed by atoms with Crippen LogP contribution < -0.4 is 5.32 Å². The zero-order chi connectivity index (χ0) is 14.1. The molecule has 20 heavy (non-hydrogen) atoms. The number of likely N-dealkylation sites (N-methyl/N-ethyl adjacent to an activating group) is 1. The summed E-state index contributed by atoms with van der Waals surface area (Å²) < 4.78 is 0. The van der Waals surface area contributed by atoms with Crippen LogP contribution in [0, 0.1) is 5.92 Å². The third kappa shape index (κ3) is 1.98. The summed E-state index contributed by atoms with van der Waals surface area (Å²) in [6.07, 6.45) is 5.79. The molecule has 3 rings (SSSR count). The molecule has 1 N–H and O–H groups in total. The summed E-state index contributed by atoms with van der Waals surface area (Å²) in [5, 5.41) is 2.62. The topological polar surface area (TPSA) is 46.2 Å². The number of amides is 1. The highest BCUT2D eigenvalue weighted by molar-refractivity contribution is 6.34. The predicted molar refractivity (Wildman–Crippen MR) is 78.3 cm³/mol. The van der Waals surface area contributed by atoms with Crippen LogP contribution in [-0.2, 0) is 4.79 Å². The van der Waals surface area contributed by atoms with Gasteiger partial charge in [-0.2, -0.15) is 0 Å². The molecule has 0 heterocycles. The quantitative estimate of drug-likeness (QED) is 0.839. The lowest BCUT2D eigenvalue weighted by Gasteiger charge is -2.24. The lowest BCUT2D eigenvalue weighted by Crippen LogP contribution is -2.25. The third-order valence-electron chi connectivity index (χ3n) is 4.43. The highest BCUT2D eigenvalue weighted by Crippen LogP contribution is 2.43.